The maximum Gasteiger partial charge on any atom is 0.341 e. The van der Waals surface area contributed by atoms with Crippen LogP contribution in [0.4, 0.5) is 0 Å². The molecule has 0 heterocycles. The van der Waals surface area contributed by atoms with Crippen LogP contribution < -0.4 is 5.32 Å². The molecule has 1 atom stereocenters. The number of ether oxygens (including phenoxy) is 1. The maximum atomic E-state index is 12.0. The van der Waals surface area contributed by atoms with Gasteiger partial charge in [0.05, 0.1) is 21.7 Å². The lowest BCUT2D eigenvalue weighted by atomic mass is 10.1. The van der Waals surface area contributed by atoms with Crippen LogP contribution in [-0.2, 0) is 9.53 Å². The van der Waals surface area contributed by atoms with Crippen molar-refractivity contribution in [1.82, 2.24) is 5.32 Å². The van der Waals surface area contributed by atoms with Crippen molar-refractivity contribution in [3.63, 3.8) is 0 Å². The van der Waals surface area contributed by atoms with Crippen LogP contribution >= 0.6 is 34.8 Å². The smallest absolute Gasteiger partial charge is 0.341 e. The third-order valence-electron chi connectivity index (χ3n) is 3.25. The summed E-state index contributed by atoms with van der Waals surface area (Å²) in [7, 11) is 0. The first-order valence-electron chi connectivity index (χ1n) is 7.05. The Balaban J connectivity index is 1.94. The zero-order valence-electron chi connectivity index (χ0n) is 12.7. The summed E-state index contributed by atoms with van der Waals surface area (Å²) in [6.45, 7) is 1.33. The Morgan fingerprint density at radius 3 is 2.21 bits per heavy atom. The van der Waals surface area contributed by atoms with E-state index >= 15 is 0 Å². The topological polar surface area (TPSA) is 55.4 Å². The van der Waals surface area contributed by atoms with E-state index in [4.69, 9.17) is 39.5 Å². The molecule has 0 saturated heterocycles. The second-order valence-electron chi connectivity index (χ2n) is 4.98. The number of hydrogen-bond acceptors (Lipinski definition) is 3. The molecule has 2 aromatic rings. The van der Waals surface area contributed by atoms with Gasteiger partial charge < -0.3 is 10.1 Å². The highest BCUT2D eigenvalue weighted by Gasteiger charge is 2.18. The normalized spacial score (nSPS) is 11.7. The predicted octanol–water partition coefficient (Wildman–Crippen LogP) is 4.68. The molecule has 1 N–H and O–H groups in total. The second-order valence-corrected chi connectivity index (χ2v) is 6.21. The number of halogens is 3. The highest BCUT2D eigenvalue weighted by atomic mass is 35.5. The largest absolute Gasteiger partial charge is 0.452 e. The Morgan fingerprint density at radius 1 is 1.00 bits per heavy atom. The summed E-state index contributed by atoms with van der Waals surface area (Å²) in [6.07, 6.45) is 0. The average molecular weight is 387 g/mol. The monoisotopic (exact) mass is 385 g/mol. The molecule has 0 aromatic heterocycles. The fourth-order valence-electron chi connectivity index (χ4n) is 2.08. The minimum absolute atomic E-state index is 0.0350. The summed E-state index contributed by atoms with van der Waals surface area (Å²) in [5, 5.41) is 3.58. The standard InChI is InChI=1S/C17H14Cl3NO3/c1-10(11-5-2-3-6-12(11)18)21-15(22)9-24-17(23)16-13(19)7-4-8-14(16)20/h2-8,10H,9H2,1H3,(H,21,22)/t10-/m1/s1. The van der Waals surface area contributed by atoms with Crippen molar-refractivity contribution < 1.29 is 14.3 Å². The number of amides is 1. The van der Waals surface area contributed by atoms with Gasteiger partial charge in [-0.15, -0.1) is 0 Å². The van der Waals surface area contributed by atoms with Gasteiger partial charge in [-0.2, -0.15) is 0 Å². The number of carbonyl (C=O) groups is 2. The number of carbonyl (C=O) groups excluding carboxylic acids is 2. The van der Waals surface area contributed by atoms with Crippen molar-refractivity contribution in [3.05, 3.63) is 68.7 Å². The van der Waals surface area contributed by atoms with Crippen LogP contribution in [0.5, 0.6) is 0 Å². The predicted molar refractivity (Wildman–Crippen MR) is 94.8 cm³/mol. The molecule has 0 aliphatic rings. The average Bonchev–Trinajstić information content (AvgIpc) is 2.53. The van der Waals surface area contributed by atoms with Crippen molar-refractivity contribution in [2.45, 2.75) is 13.0 Å². The lowest BCUT2D eigenvalue weighted by Gasteiger charge is -2.16. The van der Waals surface area contributed by atoms with Crippen LogP contribution in [0.25, 0.3) is 0 Å². The number of esters is 1. The van der Waals surface area contributed by atoms with E-state index in [2.05, 4.69) is 5.32 Å². The van der Waals surface area contributed by atoms with E-state index in [-0.39, 0.29) is 21.7 Å². The van der Waals surface area contributed by atoms with Crippen molar-refractivity contribution >= 4 is 46.7 Å². The molecule has 1 amide bonds. The Hall–Kier alpha value is -1.75. The Labute approximate surface area is 154 Å². The molecule has 2 aromatic carbocycles. The minimum atomic E-state index is -0.758. The van der Waals surface area contributed by atoms with Crippen LogP contribution in [0.2, 0.25) is 15.1 Å². The summed E-state index contributed by atoms with van der Waals surface area (Å²) in [5.41, 5.74) is 0.806. The van der Waals surface area contributed by atoms with Gasteiger partial charge in [-0.25, -0.2) is 4.79 Å². The summed E-state index contributed by atoms with van der Waals surface area (Å²) in [6, 6.07) is 11.5. The first-order chi connectivity index (χ1) is 11.4. The molecule has 126 valence electrons. The molecule has 0 fully saturated rings. The summed E-state index contributed by atoms with van der Waals surface area (Å²) >= 11 is 17.9. The lowest BCUT2D eigenvalue weighted by Crippen LogP contribution is -2.31. The Morgan fingerprint density at radius 2 is 1.58 bits per heavy atom. The third kappa shape index (κ3) is 4.63. The molecule has 0 bridgehead atoms. The molecular weight excluding hydrogens is 373 g/mol. The highest BCUT2D eigenvalue weighted by Crippen LogP contribution is 2.25. The van der Waals surface area contributed by atoms with E-state index in [9.17, 15) is 9.59 Å². The third-order valence-corrected chi connectivity index (χ3v) is 4.22. The Bertz CT molecular complexity index is 744. The van der Waals surface area contributed by atoms with Gasteiger partial charge in [0.1, 0.15) is 0 Å². The van der Waals surface area contributed by atoms with Gasteiger partial charge in [0.2, 0.25) is 0 Å². The van der Waals surface area contributed by atoms with Crippen LogP contribution in [0.15, 0.2) is 42.5 Å². The fourth-order valence-corrected chi connectivity index (χ4v) is 2.93. The molecule has 0 aliphatic carbocycles. The zero-order chi connectivity index (χ0) is 17.7. The molecule has 0 saturated carbocycles. The van der Waals surface area contributed by atoms with E-state index in [1.807, 2.05) is 12.1 Å². The van der Waals surface area contributed by atoms with Gasteiger partial charge in [0.25, 0.3) is 5.91 Å². The molecule has 24 heavy (non-hydrogen) atoms. The summed E-state index contributed by atoms with van der Waals surface area (Å²) in [5.74, 6) is -1.22. The van der Waals surface area contributed by atoms with Crippen LogP contribution in [-0.4, -0.2) is 18.5 Å². The zero-order valence-corrected chi connectivity index (χ0v) is 15.0. The van der Waals surface area contributed by atoms with E-state index in [1.165, 1.54) is 12.1 Å². The molecular formula is C17H14Cl3NO3. The van der Waals surface area contributed by atoms with Crippen molar-refractivity contribution in [2.75, 3.05) is 6.61 Å². The van der Waals surface area contributed by atoms with Crippen molar-refractivity contribution in [3.8, 4) is 0 Å². The fraction of sp³-hybridized carbons (Fsp3) is 0.176. The molecule has 0 unspecified atom stereocenters. The van der Waals surface area contributed by atoms with Gasteiger partial charge in [0, 0.05) is 5.02 Å². The van der Waals surface area contributed by atoms with Gasteiger partial charge in [-0.3, -0.25) is 4.79 Å². The molecule has 7 heteroatoms. The number of nitrogens with one attached hydrogen (secondary N) is 1. The van der Waals surface area contributed by atoms with Crippen LogP contribution in [0.1, 0.15) is 28.9 Å². The molecule has 0 spiro atoms. The minimum Gasteiger partial charge on any atom is -0.452 e. The van der Waals surface area contributed by atoms with Gasteiger partial charge in [-0.1, -0.05) is 59.1 Å². The highest BCUT2D eigenvalue weighted by molar-refractivity contribution is 6.39. The van der Waals surface area contributed by atoms with Gasteiger partial charge in [0.15, 0.2) is 6.61 Å². The SMILES string of the molecule is C[C@@H](NC(=O)COC(=O)c1c(Cl)cccc1Cl)c1ccccc1Cl. The quantitative estimate of drug-likeness (QED) is 0.759. The second kappa shape index (κ2) is 8.38. The van der Waals surface area contributed by atoms with Crippen molar-refractivity contribution in [1.29, 1.82) is 0 Å². The number of hydrogen-bond donors (Lipinski definition) is 1. The molecule has 0 radical (unpaired) electrons. The molecule has 0 aliphatic heterocycles. The molecule has 2 rings (SSSR count). The number of benzene rings is 2. The van der Waals surface area contributed by atoms with Crippen LogP contribution in [0, 0.1) is 0 Å². The van der Waals surface area contributed by atoms with Crippen molar-refractivity contribution in [2.24, 2.45) is 0 Å². The van der Waals surface area contributed by atoms with E-state index in [1.54, 1.807) is 25.1 Å². The van der Waals surface area contributed by atoms with Gasteiger partial charge >= 0.3 is 5.97 Å². The maximum absolute atomic E-state index is 12.0. The first-order valence-corrected chi connectivity index (χ1v) is 8.18. The first kappa shape index (κ1) is 18.6. The summed E-state index contributed by atoms with van der Waals surface area (Å²) in [4.78, 5) is 24.0. The number of rotatable bonds is 5. The molecule has 4 nitrogen and oxygen atoms in total. The van der Waals surface area contributed by atoms with E-state index < -0.39 is 18.5 Å². The summed E-state index contributed by atoms with van der Waals surface area (Å²) < 4.78 is 4.97. The lowest BCUT2D eigenvalue weighted by molar-refractivity contribution is -0.124. The van der Waals surface area contributed by atoms with E-state index in [0.29, 0.717) is 5.02 Å². The van der Waals surface area contributed by atoms with Gasteiger partial charge in [-0.05, 0) is 30.7 Å². The van der Waals surface area contributed by atoms with E-state index in [0.717, 1.165) is 5.56 Å². The van der Waals surface area contributed by atoms with Crippen LogP contribution in [0.3, 0.4) is 0 Å². The Kier molecular flexibility index (Phi) is 6.49.